The van der Waals surface area contributed by atoms with Crippen LogP contribution in [0.4, 0.5) is 5.82 Å². The molecule has 84 valence electrons. The molecule has 3 nitrogen and oxygen atoms in total. The van der Waals surface area contributed by atoms with Crippen molar-refractivity contribution in [1.82, 2.24) is 4.98 Å². The molecule has 16 heavy (non-hydrogen) atoms. The number of hydrogen-bond acceptors (Lipinski definition) is 3. The third-order valence-electron chi connectivity index (χ3n) is 2.29. The zero-order valence-corrected chi connectivity index (χ0v) is 10.9. The highest BCUT2D eigenvalue weighted by atomic mass is 79.9. The number of halogens is 1. The smallest absolute Gasteiger partial charge is 0.169 e. The first-order valence-corrected chi connectivity index (χ1v) is 5.83. The van der Waals surface area contributed by atoms with Crippen LogP contribution >= 0.6 is 15.9 Å². The molecule has 2 aromatic rings. The first-order valence-electron chi connectivity index (χ1n) is 5.04. The number of pyridine rings is 1. The molecule has 0 amide bonds. The Hall–Kier alpha value is -1.29. The lowest BCUT2D eigenvalue weighted by molar-refractivity contribution is 0.486. The number of nitrogens with zero attached hydrogens (tertiary/aromatic N) is 2. The summed E-state index contributed by atoms with van der Waals surface area (Å²) in [5, 5.41) is 0. The third-order valence-corrected chi connectivity index (χ3v) is 2.71. The van der Waals surface area contributed by atoms with E-state index in [1.165, 1.54) is 0 Å². The Morgan fingerprint density at radius 3 is 2.75 bits per heavy atom. The van der Waals surface area contributed by atoms with Crippen LogP contribution in [0, 0.1) is 6.92 Å². The van der Waals surface area contributed by atoms with Crippen LogP contribution in [0.1, 0.15) is 11.5 Å². The van der Waals surface area contributed by atoms with Gasteiger partial charge in [-0.1, -0.05) is 6.07 Å². The number of aryl methyl sites for hydroxylation is 1. The second-order valence-corrected chi connectivity index (χ2v) is 4.48. The molecule has 0 saturated heterocycles. The van der Waals surface area contributed by atoms with Crippen LogP contribution in [0.15, 0.2) is 39.4 Å². The standard InChI is InChI=1S/C12H13BrN2O/c1-9-4-3-5-12(14-9)15(2)8-10-6-7-11(13)16-10/h3-7H,8H2,1-2H3. The quantitative estimate of drug-likeness (QED) is 0.863. The first-order chi connectivity index (χ1) is 7.65. The molecule has 0 radical (unpaired) electrons. The Kier molecular flexibility index (Phi) is 3.29. The molecule has 2 rings (SSSR count). The fourth-order valence-electron chi connectivity index (χ4n) is 1.49. The Morgan fingerprint density at radius 2 is 2.12 bits per heavy atom. The molecule has 0 aliphatic heterocycles. The van der Waals surface area contributed by atoms with E-state index >= 15 is 0 Å². The van der Waals surface area contributed by atoms with Crippen LogP contribution in [-0.2, 0) is 6.54 Å². The molecule has 0 aliphatic rings. The van der Waals surface area contributed by atoms with E-state index in [0.29, 0.717) is 6.54 Å². The zero-order chi connectivity index (χ0) is 11.5. The van der Waals surface area contributed by atoms with E-state index in [1.54, 1.807) is 0 Å². The average molecular weight is 281 g/mol. The van der Waals surface area contributed by atoms with Gasteiger partial charge in [-0.25, -0.2) is 4.98 Å². The monoisotopic (exact) mass is 280 g/mol. The van der Waals surface area contributed by atoms with Crippen molar-refractivity contribution in [2.75, 3.05) is 11.9 Å². The van der Waals surface area contributed by atoms with Crippen molar-refractivity contribution in [3.05, 3.63) is 46.5 Å². The van der Waals surface area contributed by atoms with Crippen molar-refractivity contribution >= 4 is 21.7 Å². The molecule has 0 unspecified atom stereocenters. The molecule has 0 atom stereocenters. The fraction of sp³-hybridized carbons (Fsp3) is 0.250. The molecule has 0 aliphatic carbocycles. The molecule has 4 heteroatoms. The van der Waals surface area contributed by atoms with Gasteiger partial charge in [-0.05, 0) is 47.1 Å². The van der Waals surface area contributed by atoms with Crippen LogP contribution in [0.5, 0.6) is 0 Å². The van der Waals surface area contributed by atoms with Gasteiger partial charge in [0, 0.05) is 12.7 Å². The molecule has 0 N–H and O–H groups in total. The molecule has 2 aromatic heterocycles. The number of anilines is 1. The maximum atomic E-state index is 5.45. The molecule has 0 bridgehead atoms. The van der Waals surface area contributed by atoms with Crippen LogP contribution < -0.4 is 4.90 Å². The average Bonchev–Trinajstić information content (AvgIpc) is 2.64. The number of hydrogen-bond donors (Lipinski definition) is 0. The summed E-state index contributed by atoms with van der Waals surface area (Å²) in [6, 6.07) is 9.83. The maximum absolute atomic E-state index is 5.45. The van der Waals surface area contributed by atoms with Gasteiger partial charge in [-0.3, -0.25) is 0 Å². The highest BCUT2D eigenvalue weighted by Crippen LogP contribution is 2.18. The van der Waals surface area contributed by atoms with Crippen molar-refractivity contribution in [3.63, 3.8) is 0 Å². The predicted octanol–water partition coefficient (Wildman–Crippen LogP) is 3.38. The third kappa shape index (κ3) is 2.64. The largest absolute Gasteiger partial charge is 0.452 e. The minimum atomic E-state index is 0.710. The van der Waals surface area contributed by atoms with Crippen LogP contribution in [0.2, 0.25) is 0 Å². The number of furan rings is 1. The van der Waals surface area contributed by atoms with E-state index in [-0.39, 0.29) is 0 Å². The Bertz CT molecular complexity index is 481. The molecule has 0 fully saturated rings. The highest BCUT2D eigenvalue weighted by molar-refractivity contribution is 9.10. The molecule has 0 saturated carbocycles. The molecular formula is C12H13BrN2O. The van der Waals surface area contributed by atoms with Crippen molar-refractivity contribution in [2.45, 2.75) is 13.5 Å². The Labute approximate surface area is 103 Å². The Morgan fingerprint density at radius 1 is 1.31 bits per heavy atom. The molecular weight excluding hydrogens is 268 g/mol. The predicted molar refractivity (Wildman–Crippen MR) is 67.5 cm³/mol. The SMILES string of the molecule is Cc1cccc(N(C)Cc2ccc(Br)o2)n1. The second-order valence-electron chi connectivity index (χ2n) is 3.70. The van der Waals surface area contributed by atoms with Crippen LogP contribution in [0.3, 0.4) is 0 Å². The minimum absolute atomic E-state index is 0.710. The van der Waals surface area contributed by atoms with Gasteiger partial charge >= 0.3 is 0 Å². The van der Waals surface area contributed by atoms with Gasteiger partial charge in [0.2, 0.25) is 0 Å². The van der Waals surface area contributed by atoms with Crippen molar-refractivity contribution in [2.24, 2.45) is 0 Å². The van der Waals surface area contributed by atoms with Gasteiger partial charge in [0.15, 0.2) is 4.67 Å². The zero-order valence-electron chi connectivity index (χ0n) is 9.27. The summed E-state index contributed by atoms with van der Waals surface area (Å²) in [5.74, 6) is 1.87. The van der Waals surface area contributed by atoms with Crippen molar-refractivity contribution in [1.29, 1.82) is 0 Å². The van der Waals surface area contributed by atoms with E-state index in [2.05, 4.69) is 25.8 Å². The molecule has 2 heterocycles. The van der Waals surface area contributed by atoms with Crippen LogP contribution in [-0.4, -0.2) is 12.0 Å². The number of rotatable bonds is 3. The van der Waals surface area contributed by atoms with Crippen molar-refractivity contribution in [3.8, 4) is 0 Å². The minimum Gasteiger partial charge on any atom is -0.452 e. The molecule has 0 spiro atoms. The lowest BCUT2D eigenvalue weighted by Gasteiger charge is -2.16. The lowest BCUT2D eigenvalue weighted by atomic mass is 10.3. The summed E-state index contributed by atoms with van der Waals surface area (Å²) >= 11 is 3.29. The highest BCUT2D eigenvalue weighted by Gasteiger charge is 2.06. The summed E-state index contributed by atoms with van der Waals surface area (Å²) in [5.41, 5.74) is 1.02. The van der Waals surface area contributed by atoms with Gasteiger partial charge in [0.1, 0.15) is 11.6 Å². The number of aromatic nitrogens is 1. The normalized spacial score (nSPS) is 10.4. The second kappa shape index (κ2) is 4.70. The van der Waals surface area contributed by atoms with Crippen molar-refractivity contribution < 1.29 is 4.42 Å². The summed E-state index contributed by atoms with van der Waals surface area (Å²) < 4.78 is 6.21. The molecule has 0 aromatic carbocycles. The fourth-order valence-corrected chi connectivity index (χ4v) is 1.83. The summed E-state index contributed by atoms with van der Waals surface area (Å²) in [4.78, 5) is 6.50. The van der Waals surface area contributed by atoms with Gasteiger partial charge < -0.3 is 9.32 Å². The van der Waals surface area contributed by atoms with E-state index in [0.717, 1.165) is 21.9 Å². The van der Waals surface area contributed by atoms with E-state index in [9.17, 15) is 0 Å². The summed E-state index contributed by atoms with van der Waals surface area (Å²) in [7, 11) is 2.00. The Balaban J connectivity index is 2.11. The summed E-state index contributed by atoms with van der Waals surface area (Å²) in [6.45, 7) is 2.70. The van der Waals surface area contributed by atoms with Gasteiger partial charge in [0.25, 0.3) is 0 Å². The van der Waals surface area contributed by atoms with Gasteiger partial charge in [-0.2, -0.15) is 0 Å². The van der Waals surface area contributed by atoms with Crippen LogP contribution in [0.25, 0.3) is 0 Å². The first kappa shape index (κ1) is 11.2. The van der Waals surface area contributed by atoms with E-state index in [1.807, 2.05) is 44.3 Å². The van der Waals surface area contributed by atoms with E-state index < -0.39 is 0 Å². The lowest BCUT2D eigenvalue weighted by Crippen LogP contribution is -2.17. The van der Waals surface area contributed by atoms with Gasteiger partial charge in [0.05, 0.1) is 6.54 Å². The topological polar surface area (TPSA) is 29.3 Å². The van der Waals surface area contributed by atoms with Gasteiger partial charge in [-0.15, -0.1) is 0 Å². The summed E-state index contributed by atoms with van der Waals surface area (Å²) in [6.07, 6.45) is 0. The maximum Gasteiger partial charge on any atom is 0.169 e. The van der Waals surface area contributed by atoms with E-state index in [4.69, 9.17) is 4.42 Å².